The quantitative estimate of drug-likeness (QED) is 0.570. The third kappa shape index (κ3) is 2.14. The van der Waals surface area contributed by atoms with Gasteiger partial charge in [-0.2, -0.15) is 0 Å². The van der Waals surface area contributed by atoms with Crippen LogP contribution in [-0.2, 0) is 4.74 Å². The summed E-state index contributed by atoms with van der Waals surface area (Å²) in [5, 5.41) is 1.93. The topological polar surface area (TPSA) is 35.5 Å². The van der Waals surface area contributed by atoms with Crippen molar-refractivity contribution in [1.29, 1.82) is 0 Å². The molecule has 0 atom stereocenters. The molecule has 16 heavy (non-hydrogen) atoms. The van der Waals surface area contributed by atoms with E-state index in [2.05, 4.69) is 0 Å². The summed E-state index contributed by atoms with van der Waals surface area (Å²) in [6, 6.07) is 13.3. The van der Waals surface area contributed by atoms with E-state index in [-0.39, 0.29) is 0 Å². The number of ether oxygens (including phenoxy) is 2. The van der Waals surface area contributed by atoms with Crippen LogP contribution < -0.4 is 4.74 Å². The van der Waals surface area contributed by atoms with Gasteiger partial charge in [0.1, 0.15) is 5.75 Å². The molecule has 0 saturated heterocycles. The number of hydrogen-bond donors (Lipinski definition) is 0. The Morgan fingerprint density at radius 3 is 2.69 bits per heavy atom. The lowest BCUT2D eigenvalue weighted by atomic mass is 10.1. The summed E-state index contributed by atoms with van der Waals surface area (Å²) >= 11 is 0. The van der Waals surface area contributed by atoms with Crippen molar-refractivity contribution in [3.05, 3.63) is 42.5 Å². The second kappa shape index (κ2) is 4.66. The average molecular weight is 216 g/mol. The van der Waals surface area contributed by atoms with E-state index in [4.69, 9.17) is 9.47 Å². The lowest BCUT2D eigenvalue weighted by Crippen LogP contribution is -2.10. The molecule has 0 aromatic heterocycles. The summed E-state index contributed by atoms with van der Waals surface area (Å²) in [5.41, 5.74) is 0. The predicted molar refractivity (Wildman–Crippen MR) is 61.6 cm³/mol. The minimum Gasteiger partial charge on any atom is -0.434 e. The van der Waals surface area contributed by atoms with E-state index in [1.54, 1.807) is 13.0 Å². The van der Waals surface area contributed by atoms with Crippen molar-refractivity contribution in [2.75, 3.05) is 6.61 Å². The van der Waals surface area contributed by atoms with Gasteiger partial charge in [-0.15, -0.1) is 0 Å². The zero-order chi connectivity index (χ0) is 11.4. The molecule has 0 unspecified atom stereocenters. The molecule has 82 valence electrons. The van der Waals surface area contributed by atoms with Crippen LogP contribution in [0.15, 0.2) is 42.5 Å². The van der Waals surface area contributed by atoms with Gasteiger partial charge in [0.25, 0.3) is 0 Å². The van der Waals surface area contributed by atoms with E-state index in [1.165, 1.54) is 0 Å². The Bertz CT molecular complexity index is 500. The molecule has 2 rings (SSSR count). The van der Waals surface area contributed by atoms with Gasteiger partial charge in [-0.1, -0.05) is 36.4 Å². The van der Waals surface area contributed by atoms with Crippen molar-refractivity contribution in [1.82, 2.24) is 0 Å². The average Bonchev–Trinajstić information content (AvgIpc) is 2.30. The number of carbonyl (C=O) groups excluding carboxylic acids is 1. The largest absolute Gasteiger partial charge is 0.513 e. The molecule has 3 heteroatoms. The van der Waals surface area contributed by atoms with Crippen LogP contribution in [0, 0.1) is 0 Å². The normalized spacial score (nSPS) is 10.1. The molecule has 0 spiro atoms. The zero-order valence-corrected chi connectivity index (χ0v) is 8.97. The van der Waals surface area contributed by atoms with Crippen molar-refractivity contribution in [3.8, 4) is 5.75 Å². The van der Waals surface area contributed by atoms with Crippen molar-refractivity contribution in [3.63, 3.8) is 0 Å². The first-order valence-electron chi connectivity index (χ1n) is 5.13. The molecule has 0 aliphatic heterocycles. The lowest BCUT2D eigenvalue weighted by Gasteiger charge is -2.06. The highest BCUT2D eigenvalue weighted by Gasteiger charge is 2.07. The summed E-state index contributed by atoms with van der Waals surface area (Å²) in [6.45, 7) is 2.05. The Hall–Kier alpha value is -2.03. The molecule has 2 aromatic carbocycles. The van der Waals surface area contributed by atoms with Crippen molar-refractivity contribution in [2.24, 2.45) is 0 Å². The smallest absolute Gasteiger partial charge is 0.434 e. The number of fused-ring (bicyclic) bond motifs is 1. The fourth-order valence-corrected chi connectivity index (χ4v) is 1.52. The van der Waals surface area contributed by atoms with Crippen LogP contribution >= 0.6 is 0 Å². The van der Waals surface area contributed by atoms with Crippen LogP contribution in [0.5, 0.6) is 5.75 Å². The van der Waals surface area contributed by atoms with Crippen LogP contribution in [0.3, 0.4) is 0 Å². The molecule has 0 aliphatic carbocycles. The summed E-state index contributed by atoms with van der Waals surface area (Å²) < 4.78 is 9.84. The van der Waals surface area contributed by atoms with Crippen LogP contribution in [0.25, 0.3) is 10.8 Å². The highest BCUT2D eigenvalue weighted by atomic mass is 16.7. The van der Waals surface area contributed by atoms with Crippen LogP contribution in [0.2, 0.25) is 0 Å². The molecular formula is C13H12O3. The second-order valence-electron chi connectivity index (χ2n) is 3.26. The maximum Gasteiger partial charge on any atom is 0.513 e. The molecular weight excluding hydrogens is 204 g/mol. The first kappa shape index (κ1) is 10.5. The highest BCUT2D eigenvalue weighted by Crippen LogP contribution is 2.25. The van der Waals surface area contributed by atoms with Gasteiger partial charge in [-0.3, -0.25) is 0 Å². The van der Waals surface area contributed by atoms with E-state index < -0.39 is 6.16 Å². The maximum absolute atomic E-state index is 11.2. The highest BCUT2D eigenvalue weighted by molar-refractivity contribution is 5.89. The fraction of sp³-hybridized carbons (Fsp3) is 0.154. The van der Waals surface area contributed by atoms with Gasteiger partial charge in [-0.05, 0) is 18.4 Å². The Labute approximate surface area is 93.6 Å². The third-order valence-electron chi connectivity index (χ3n) is 2.21. The van der Waals surface area contributed by atoms with E-state index >= 15 is 0 Å². The van der Waals surface area contributed by atoms with Gasteiger partial charge in [0.05, 0.1) is 6.61 Å². The van der Waals surface area contributed by atoms with Crippen LogP contribution in [0.4, 0.5) is 4.79 Å². The van der Waals surface area contributed by atoms with Crippen molar-refractivity contribution in [2.45, 2.75) is 6.92 Å². The SMILES string of the molecule is CCOC(=O)Oc1cccc2ccccc12. The number of rotatable bonds is 2. The minimum absolute atomic E-state index is 0.309. The van der Waals surface area contributed by atoms with E-state index in [1.807, 2.05) is 36.4 Å². The molecule has 0 N–H and O–H groups in total. The Balaban J connectivity index is 2.33. The molecule has 0 heterocycles. The molecule has 0 aliphatic rings. The van der Waals surface area contributed by atoms with Crippen LogP contribution in [0.1, 0.15) is 6.92 Å². The fourth-order valence-electron chi connectivity index (χ4n) is 1.52. The van der Waals surface area contributed by atoms with Crippen molar-refractivity contribution >= 4 is 16.9 Å². The van der Waals surface area contributed by atoms with E-state index in [9.17, 15) is 4.79 Å². The molecule has 3 nitrogen and oxygen atoms in total. The molecule has 0 bridgehead atoms. The third-order valence-corrected chi connectivity index (χ3v) is 2.21. The molecule has 0 saturated carbocycles. The minimum atomic E-state index is -0.668. The Morgan fingerprint density at radius 1 is 1.12 bits per heavy atom. The predicted octanol–water partition coefficient (Wildman–Crippen LogP) is 3.38. The van der Waals surface area contributed by atoms with Crippen molar-refractivity contribution < 1.29 is 14.3 Å². The maximum atomic E-state index is 11.2. The standard InChI is InChI=1S/C13H12O3/c1-2-15-13(14)16-12-9-5-7-10-6-3-4-8-11(10)12/h3-9H,2H2,1H3. The molecule has 0 amide bonds. The summed E-state index contributed by atoms with van der Waals surface area (Å²) in [6.07, 6.45) is -0.668. The van der Waals surface area contributed by atoms with Gasteiger partial charge in [-0.25, -0.2) is 4.79 Å². The first-order chi connectivity index (χ1) is 7.81. The molecule has 2 aromatic rings. The summed E-state index contributed by atoms with van der Waals surface area (Å²) in [4.78, 5) is 11.2. The van der Waals surface area contributed by atoms with Gasteiger partial charge >= 0.3 is 6.16 Å². The number of hydrogen-bond acceptors (Lipinski definition) is 3. The Kier molecular flexibility index (Phi) is 3.05. The summed E-state index contributed by atoms with van der Waals surface area (Å²) in [5.74, 6) is 0.525. The van der Waals surface area contributed by atoms with Crippen LogP contribution in [-0.4, -0.2) is 12.8 Å². The monoisotopic (exact) mass is 216 g/mol. The summed E-state index contributed by atoms with van der Waals surface area (Å²) in [7, 11) is 0. The van der Waals surface area contributed by atoms with Gasteiger partial charge in [0.2, 0.25) is 0 Å². The Morgan fingerprint density at radius 2 is 1.88 bits per heavy atom. The lowest BCUT2D eigenvalue weighted by molar-refractivity contribution is 0.105. The van der Waals surface area contributed by atoms with Gasteiger partial charge < -0.3 is 9.47 Å². The number of carbonyl (C=O) groups is 1. The van der Waals surface area contributed by atoms with Gasteiger partial charge in [0.15, 0.2) is 0 Å². The second-order valence-corrected chi connectivity index (χ2v) is 3.26. The molecule has 0 radical (unpaired) electrons. The number of benzene rings is 2. The first-order valence-corrected chi connectivity index (χ1v) is 5.13. The van der Waals surface area contributed by atoms with E-state index in [0.717, 1.165) is 10.8 Å². The zero-order valence-electron chi connectivity index (χ0n) is 8.97. The molecule has 0 fully saturated rings. The van der Waals surface area contributed by atoms with E-state index in [0.29, 0.717) is 12.4 Å². The van der Waals surface area contributed by atoms with Gasteiger partial charge in [0, 0.05) is 5.39 Å².